The summed E-state index contributed by atoms with van der Waals surface area (Å²) in [7, 11) is 1.42. The van der Waals surface area contributed by atoms with Gasteiger partial charge >= 0.3 is 5.97 Å². The molecule has 0 saturated heterocycles. The number of hydrogen-bond acceptors (Lipinski definition) is 5. The smallest absolute Gasteiger partial charge is 0.308 e. The first-order valence-corrected chi connectivity index (χ1v) is 7.15. The third kappa shape index (κ3) is 4.01. The summed E-state index contributed by atoms with van der Waals surface area (Å²) in [6.45, 7) is 0.477. The predicted molar refractivity (Wildman–Crippen MR) is 77.7 cm³/mol. The lowest BCUT2D eigenvalue weighted by atomic mass is 9.86. The molecular formula is C15H20N2O4. The van der Waals surface area contributed by atoms with Crippen molar-refractivity contribution in [2.75, 3.05) is 7.11 Å². The molecule has 0 radical (unpaired) electrons. The number of esters is 1. The van der Waals surface area contributed by atoms with Crippen molar-refractivity contribution in [2.45, 2.75) is 38.3 Å². The molecule has 1 fully saturated rings. The number of methoxy groups -OCH3 is 1. The first kappa shape index (κ1) is 15.4. The topological polar surface area (TPSA) is 81.5 Å². The molecule has 21 heavy (non-hydrogen) atoms. The standard InChI is InChI=1S/C15H20N2O4/c1-21-15(18)11-6-8-13(9-7-11)16-10-12-4-2-3-5-14(12)17(19)20/h2-5,11,13,16H,6-10H2,1H3. The number of carbonyl (C=O) groups is 1. The molecular weight excluding hydrogens is 272 g/mol. The highest BCUT2D eigenvalue weighted by atomic mass is 16.6. The molecule has 0 aliphatic heterocycles. The lowest BCUT2D eigenvalue weighted by Gasteiger charge is -2.27. The van der Waals surface area contributed by atoms with Crippen LogP contribution in [0.5, 0.6) is 0 Å². The number of nitrogens with zero attached hydrogens (tertiary/aromatic N) is 1. The van der Waals surface area contributed by atoms with Gasteiger partial charge in [0.1, 0.15) is 0 Å². The van der Waals surface area contributed by atoms with Crippen LogP contribution in [-0.4, -0.2) is 24.0 Å². The van der Waals surface area contributed by atoms with Crippen molar-refractivity contribution in [1.29, 1.82) is 0 Å². The Kier molecular flexibility index (Phi) is 5.27. The molecule has 0 heterocycles. The van der Waals surface area contributed by atoms with E-state index < -0.39 is 0 Å². The van der Waals surface area contributed by atoms with Gasteiger partial charge in [-0.2, -0.15) is 0 Å². The van der Waals surface area contributed by atoms with Gasteiger partial charge in [0, 0.05) is 24.2 Å². The van der Waals surface area contributed by atoms with E-state index in [4.69, 9.17) is 4.74 Å². The minimum atomic E-state index is -0.356. The predicted octanol–water partition coefficient (Wildman–Crippen LogP) is 2.42. The summed E-state index contributed by atoms with van der Waals surface area (Å²) in [5.41, 5.74) is 0.839. The average Bonchev–Trinajstić information content (AvgIpc) is 2.52. The van der Waals surface area contributed by atoms with Gasteiger partial charge < -0.3 is 10.1 Å². The molecule has 1 aromatic carbocycles. The Morgan fingerprint density at radius 1 is 1.33 bits per heavy atom. The van der Waals surface area contributed by atoms with Crippen LogP contribution in [0.2, 0.25) is 0 Å². The SMILES string of the molecule is COC(=O)C1CCC(NCc2ccccc2[N+](=O)[O-])CC1. The number of para-hydroxylation sites is 1. The van der Waals surface area contributed by atoms with E-state index >= 15 is 0 Å². The molecule has 6 heteroatoms. The van der Waals surface area contributed by atoms with Gasteiger partial charge in [-0.15, -0.1) is 0 Å². The number of ether oxygens (including phenoxy) is 1. The second-order valence-electron chi connectivity index (χ2n) is 5.34. The highest BCUT2D eigenvalue weighted by Gasteiger charge is 2.26. The van der Waals surface area contributed by atoms with Crippen LogP contribution >= 0.6 is 0 Å². The van der Waals surface area contributed by atoms with Gasteiger partial charge in [-0.25, -0.2) is 0 Å². The maximum absolute atomic E-state index is 11.5. The summed E-state index contributed by atoms with van der Waals surface area (Å²) in [4.78, 5) is 22.0. The minimum Gasteiger partial charge on any atom is -0.469 e. The van der Waals surface area contributed by atoms with Gasteiger partial charge in [0.25, 0.3) is 5.69 Å². The van der Waals surface area contributed by atoms with Crippen molar-refractivity contribution in [3.05, 3.63) is 39.9 Å². The van der Waals surface area contributed by atoms with E-state index in [1.807, 2.05) is 0 Å². The van der Waals surface area contributed by atoms with Crippen molar-refractivity contribution in [3.8, 4) is 0 Å². The summed E-state index contributed by atoms with van der Waals surface area (Å²) in [6, 6.07) is 7.06. The summed E-state index contributed by atoms with van der Waals surface area (Å²) in [5, 5.41) is 14.3. The molecule has 1 saturated carbocycles. The third-order valence-electron chi connectivity index (χ3n) is 4.03. The zero-order chi connectivity index (χ0) is 15.2. The second kappa shape index (κ2) is 7.17. The molecule has 0 aromatic heterocycles. The molecule has 0 amide bonds. The molecule has 0 unspecified atom stereocenters. The van der Waals surface area contributed by atoms with Crippen LogP contribution in [0, 0.1) is 16.0 Å². The maximum atomic E-state index is 11.5. The van der Waals surface area contributed by atoms with E-state index in [1.165, 1.54) is 13.2 Å². The van der Waals surface area contributed by atoms with Crippen LogP contribution in [0.3, 0.4) is 0 Å². The Hall–Kier alpha value is -1.95. The van der Waals surface area contributed by atoms with Gasteiger partial charge in [-0.3, -0.25) is 14.9 Å². The molecule has 6 nitrogen and oxygen atoms in total. The van der Waals surface area contributed by atoms with E-state index in [0.717, 1.165) is 25.7 Å². The fourth-order valence-corrected chi connectivity index (χ4v) is 2.79. The van der Waals surface area contributed by atoms with E-state index in [0.29, 0.717) is 18.2 Å². The van der Waals surface area contributed by atoms with E-state index in [1.54, 1.807) is 18.2 Å². The Morgan fingerprint density at radius 2 is 2.00 bits per heavy atom. The average molecular weight is 292 g/mol. The Bertz CT molecular complexity index is 510. The molecule has 0 spiro atoms. The Balaban J connectivity index is 1.85. The van der Waals surface area contributed by atoms with Crippen LogP contribution in [0.4, 0.5) is 5.69 Å². The monoisotopic (exact) mass is 292 g/mol. The van der Waals surface area contributed by atoms with Crippen molar-refractivity contribution < 1.29 is 14.5 Å². The maximum Gasteiger partial charge on any atom is 0.308 e. The largest absolute Gasteiger partial charge is 0.469 e. The Labute approximate surface area is 123 Å². The molecule has 1 N–H and O–H groups in total. The van der Waals surface area contributed by atoms with Crippen LogP contribution in [0.15, 0.2) is 24.3 Å². The molecule has 114 valence electrons. The fraction of sp³-hybridized carbons (Fsp3) is 0.533. The zero-order valence-corrected chi connectivity index (χ0v) is 12.1. The first-order chi connectivity index (χ1) is 10.1. The van der Waals surface area contributed by atoms with E-state index in [2.05, 4.69) is 5.32 Å². The second-order valence-corrected chi connectivity index (χ2v) is 5.34. The van der Waals surface area contributed by atoms with Crippen LogP contribution < -0.4 is 5.32 Å². The summed E-state index contributed by atoms with van der Waals surface area (Å²) in [5.74, 6) is -0.133. The minimum absolute atomic E-state index is 0.000823. The molecule has 1 aliphatic carbocycles. The summed E-state index contributed by atoms with van der Waals surface area (Å²) in [6.07, 6.45) is 3.39. The normalized spacial score (nSPS) is 21.8. The van der Waals surface area contributed by atoms with Crippen LogP contribution in [-0.2, 0) is 16.1 Å². The Morgan fingerprint density at radius 3 is 2.62 bits per heavy atom. The molecule has 0 bridgehead atoms. The number of carbonyl (C=O) groups excluding carboxylic acids is 1. The highest BCUT2D eigenvalue weighted by molar-refractivity contribution is 5.72. The van der Waals surface area contributed by atoms with Crippen molar-refractivity contribution in [1.82, 2.24) is 5.32 Å². The van der Waals surface area contributed by atoms with E-state index in [-0.39, 0.29) is 22.5 Å². The summed E-state index contributed by atoms with van der Waals surface area (Å²) < 4.78 is 4.76. The third-order valence-corrected chi connectivity index (χ3v) is 4.03. The van der Waals surface area contributed by atoms with Gasteiger partial charge in [0.05, 0.1) is 18.0 Å². The number of hydrogen-bond donors (Lipinski definition) is 1. The van der Waals surface area contributed by atoms with Crippen molar-refractivity contribution in [3.63, 3.8) is 0 Å². The summed E-state index contributed by atoms with van der Waals surface area (Å²) >= 11 is 0. The molecule has 0 atom stereocenters. The number of rotatable bonds is 5. The van der Waals surface area contributed by atoms with Crippen molar-refractivity contribution in [2.24, 2.45) is 5.92 Å². The lowest BCUT2D eigenvalue weighted by Crippen LogP contribution is -2.35. The lowest BCUT2D eigenvalue weighted by molar-refractivity contribution is -0.385. The van der Waals surface area contributed by atoms with Gasteiger partial charge in [-0.05, 0) is 25.7 Å². The molecule has 2 rings (SSSR count). The number of nitro groups is 1. The van der Waals surface area contributed by atoms with Gasteiger partial charge in [0.2, 0.25) is 0 Å². The quantitative estimate of drug-likeness (QED) is 0.512. The molecule has 1 aromatic rings. The van der Waals surface area contributed by atoms with Crippen LogP contribution in [0.25, 0.3) is 0 Å². The molecule has 1 aliphatic rings. The highest BCUT2D eigenvalue weighted by Crippen LogP contribution is 2.26. The number of benzene rings is 1. The van der Waals surface area contributed by atoms with Gasteiger partial charge in [0.15, 0.2) is 0 Å². The van der Waals surface area contributed by atoms with Crippen molar-refractivity contribution >= 4 is 11.7 Å². The van der Waals surface area contributed by atoms with Crippen LogP contribution in [0.1, 0.15) is 31.2 Å². The number of nitro benzene ring substituents is 1. The fourth-order valence-electron chi connectivity index (χ4n) is 2.79. The zero-order valence-electron chi connectivity index (χ0n) is 12.1. The van der Waals surface area contributed by atoms with E-state index in [9.17, 15) is 14.9 Å². The van der Waals surface area contributed by atoms with Gasteiger partial charge in [-0.1, -0.05) is 18.2 Å². The first-order valence-electron chi connectivity index (χ1n) is 7.15. The number of nitrogens with one attached hydrogen (secondary N) is 1.